The van der Waals surface area contributed by atoms with Crippen LogP contribution in [0, 0.1) is 10.1 Å². The summed E-state index contributed by atoms with van der Waals surface area (Å²) in [5.41, 5.74) is 5.12. The molecular weight excluding hydrogens is 294 g/mol. The number of benzene rings is 1. The zero-order valence-corrected chi connectivity index (χ0v) is 10.4. The number of nitro groups is 1. The number of hydrogen-bond acceptors (Lipinski definition) is 5. The van der Waals surface area contributed by atoms with Gasteiger partial charge in [-0.1, -0.05) is 21.1 Å². The summed E-state index contributed by atoms with van der Waals surface area (Å²) < 4.78 is 5.80. The molecule has 7 nitrogen and oxygen atoms in total. The fourth-order valence-electron chi connectivity index (χ4n) is 1.06. The SMILES string of the molecule is CC(Oc1ccc(Br)cc1[N+](=O)[O-])C(N)=NO. The highest BCUT2D eigenvalue weighted by molar-refractivity contribution is 9.10. The van der Waals surface area contributed by atoms with Gasteiger partial charge in [0, 0.05) is 10.5 Å². The Morgan fingerprint density at radius 3 is 2.88 bits per heavy atom. The van der Waals surface area contributed by atoms with Crippen LogP contribution in [-0.2, 0) is 0 Å². The van der Waals surface area contributed by atoms with Gasteiger partial charge in [-0.3, -0.25) is 10.1 Å². The first kappa shape index (κ1) is 13.2. The number of nitro benzene ring substituents is 1. The van der Waals surface area contributed by atoms with E-state index in [1.54, 1.807) is 6.07 Å². The molecule has 92 valence electrons. The number of hydrogen-bond donors (Lipinski definition) is 2. The van der Waals surface area contributed by atoms with E-state index in [9.17, 15) is 10.1 Å². The van der Waals surface area contributed by atoms with Gasteiger partial charge in [0.1, 0.15) is 0 Å². The highest BCUT2D eigenvalue weighted by atomic mass is 79.9. The van der Waals surface area contributed by atoms with Crippen molar-refractivity contribution in [3.8, 4) is 5.75 Å². The molecule has 0 amide bonds. The fourth-order valence-corrected chi connectivity index (χ4v) is 1.41. The number of ether oxygens (including phenoxy) is 1. The molecule has 1 aromatic carbocycles. The van der Waals surface area contributed by atoms with E-state index in [2.05, 4.69) is 21.1 Å². The average Bonchev–Trinajstić information content (AvgIpc) is 2.29. The fraction of sp³-hybridized carbons (Fsp3) is 0.222. The molecule has 0 radical (unpaired) electrons. The quantitative estimate of drug-likeness (QED) is 0.290. The van der Waals surface area contributed by atoms with Crippen LogP contribution in [0.2, 0.25) is 0 Å². The van der Waals surface area contributed by atoms with Crippen molar-refractivity contribution in [1.82, 2.24) is 0 Å². The van der Waals surface area contributed by atoms with Crippen LogP contribution < -0.4 is 10.5 Å². The summed E-state index contributed by atoms with van der Waals surface area (Å²) in [4.78, 5) is 10.2. The Morgan fingerprint density at radius 1 is 1.71 bits per heavy atom. The Kier molecular flexibility index (Phi) is 4.27. The predicted octanol–water partition coefficient (Wildman–Crippen LogP) is 1.87. The molecule has 8 heteroatoms. The van der Waals surface area contributed by atoms with Crippen molar-refractivity contribution in [1.29, 1.82) is 0 Å². The van der Waals surface area contributed by atoms with Crippen LogP contribution in [-0.4, -0.2) is 22.1 Å². The van der Waals surface area contributed by atoms with Crippen molar-refractivity contribution in [2.24, 2.45) is 10.9 Å². The first-order chi connectivity index (χ1) is 7.95. The molecule has 0 bridgehead atoms. The molecule has 3 N–H and O–H groups in total. The van der Waals surface area contributed by atoms with Gasteiger partial charge in [0.25, 0.3) is 0 Å². The summed E-state index contributed by atoms with van der Waals surface area (Å²) in [7, 11) is 0. The molecule has 1 rings (SSSR count). The molecule has 0 spiro atoms. The molecule has 0 aliphatic rings. The van der Waals surface area contributed by atoms with Crippen LogP contribution in [0.25, 0.3) is 0 Å². The highest BCUT2D eigenvalue weighted by Crippen LogP contribution is 2.30. The van der Waals surface area contributed by atoms with Crippen LogP contribution in [0.5, 0.6) is 5.75 Å². The van der Waals surface area contributed by atoms with E-state index in [-0.39, 0.29) is 17.3 Å². The van der Waals surface area contributed by atoms with Gasteiger partial charge in [-0.2, -0.15) is 0 Å². The lowest BCUT2D eigenvalue weighted by atomic mass is 10.3. The maximum absolute atomic E-state index is 10.8. The van der Waals surface area contributed by atoms with E-state index in [1.807, 2.05) is 0 Å². The number of nitrogens with zero attached hydrogens (tertiary/aromatic N) is 2. The van der Waals surface area contributed by atoms with Gasteiger partial charge in [-0.15, -0.1) is 0 Å². The zero-order chi connectivity index (χ0) is 13.0. The molecule has 0 fully saturated rings. The largest absolute Gasteiger partial charge is 0.476 e. The molecule has 0 saturated heterocycles. The smallest absolute Gasteiger partial charge is 0.312 e. The highest BCUT2D eigenvalue weighted by Gasteiger charge is 2.19. The third kappa shape index (κ3) is 3.31. The van der Waals surface area contributed by atoms with Gasteiger partial charge >= 0.3 is 5.69 Å². The zero-order valence-electron chi connectivity index (χ0n) is 8.83. The summed E-state index contributed by atoms with van der Waals surface area (Å²) in [6, 6.07) is 4.35. The van der Waals surface area contributed by atoms with Crippen molar-refractivity contribution >= 4 is 27.5 Å². The van der Waals surface area contributed by atoms with Gasteiger partial charge in [0.15, 0.2) is 17.7 Å². The second-order valence-corrected chi connectivity index (χ2v) is 4.07. The lowest BCUT2D eigenvalue weighted by Gasteiger charge is -2.12. The van der Waals surface area contributed by atoms with Crippen LogP contribution in [0.15, 0.2) is 27.8 Å². The molecule has 1 unspecified atom stereocenters. The number of rotatable bonds is 4. The molecule has 0 aliphatic carbocycles. The maximum Gasteiger partial charge on any atom is 0.312 e. The second-order valence-electron chi connectivity index (χ2n) is 3.15. The molecule has 0 heterocycles. The van der Waals surface area contributed by atoms with Crippen LogP contribution in [0.4, 0.5) is 5.69 Å². The molecule has 1 atom stereocenters. The van der Waals surface area contributed by atoms with Crippen LogP contribution >= 0.6 is 15.9 Å². The minimum Gasteiger partial charge on any atom is -0.476 e. The molecule has 0 saturated carbocycles. The van der Waals surface area contributed by atoms with Crippen molar-refractivity contribution in [3.63, 3.8) is 0 Å². The Balaban J connectivity index is 3.02. The Bertz CT molecular complexity index is 464. The number of halogens is 1. The minimum absolute atomic E-state index is 0.0531. The summed E-state index contributed by atoms with van der Waals surface area (Å²) in [6.07, 6.45) is -0.764. The van der Waals surface area contributed by atoms with E-state index in [4.69, 9.17) is 15.7 Å². The number of amidine groups is 1. The lowest BCUT2D eigenvalue weighted by molar-refractivity contribution is -0.386. The van der Waals surface area contributed by atoms with Crippen molar-refractivity contribution in [2.45, 2.75) is 13.0 Å². The molecule has 0 aromatic heterocycles. The lowest BCUT2D eigenvalue weighted by Crippen LogP contribution is -2.31. The average molecular weight is 304 g/mol. The number of nitrogens with two attached hydrogens (primary N) is 1. The monoisotopic (exact) mass is 303 g/mol. The third-order valence-corrected chi connectivity index (χ3v) is 2.45. The maximum atomic E-state index is 10.8. The van der Waals surface area contributed by atoms with Crippen LogP contribution in [0.3, 0.4) is 0 Å². The Morgan fingerprint density at radius 2 is 2.35 bits per heavy atom. The number of oxime groups is 1. The van der Waals surface area contributed by atoms with E-state index in [0.29, 0.717) is 4.47 Å². The van der Waals surface area contributed by atoms with E-state index in [0.717, 1.165) is 0 Å². The van der Waals surface area contributed by atoms with E-state index in [1.165, 1.54) is 19.1 Å². The minimum atomic E-state index is -0.764. The van der Waals surface area contributed by atoms with Gasteiger partial charge in [0.05, 0.1) is 4.92 Å². The Hall–Kier alpha value is -1.83. The summed E-state index contributed by atoms with van der Waals surface area (Å²) in [5, 5.41) is 22.0. The first-order valence-corrected chi connectivity index (χ1v) is 5.33. The summed E-state index contributed by atoms with van der Waals surface area (Å²) in [5.74, 6) is -0.112. The Labute approximate surface area is 105 Å². The molecular formula is C9H10BrN3O4. The van der Waals surface area contributed by atoms with E-state index >= 15 is 0 Å². The predicted molar refractivity (Wildman–Crippen MR) is 64.3 cm³/mol. The van der Waals surface area contributed by atoms with Crippen molar-refractivity contribution in [2.75, 3.05) is 0 Å². The molecule has 0 aliphatic heterocycles. The van der Waals surface area contributed by atoms with Gasteiger partial charge in [-0.25, -0.2) is 0 Å². The molecule has 17 heavy (non-hydrogen) atoms. The summed E-state index contributed by atoms with van der Waals surface area (Å²) in [6.45, 7) is 1.51. The van der Waals surface area contributed by atoms with Crippen molar-refractivity contribution < 1.29 is 14.9 Å². The van der Waals surface area contributed by atoms with Gasteiger partial charge < -0.3 is 15.7 Å². The third-order valence-electron chi connectivity index (χ3n) is 1.95. The first-order valence-electron chi connectivity index (χ1n) is 4.53. The standard InChI is InChI=1S/C9H10BrN3O4/c1-5(9(11)12-14)17-8-3-2-6(10)4-7(8)13(15)16/h2-5,14H,1H3,(H2,11,12). The summed E-state index contributed by atoms with van der Waals surface area (Å²) >= 11 is 3.13. The van der Waals surface area contributed by atoms with E-state index < -0.39 is 11.0 Å². The molecule has 1 aromatic rings. The normalized spacial score (nSPS) is 13.2. The van der Waals surface area contributed by atoms with Gasteiger partial charge in [0.2, 0.25) is 0 Å². The van der Waals surface area contributed by atoms with Crippen LogP contribution in [0.1, 0.15) is 6.92 Å². The van der Waals surface area contributed by atoms with Crippen molar-refractivity contribution in [3.05, 3.63) is 32.8 Å². The second kappa shape index (κ2) is 5.48. The van der Waals surface area contributed by atoms with Gasteiger partial charge in [-0.05, 0) is 19.1 Å². The topological polar surface area (TPSA) is 111 Å².